The molecule has 4 nitrogen and oxygen atoms in total. The van der Waals surface area contributed by atoms with Crippen molar-refractivity contribution in [2.75, 3.05) is 0 Å². The smallest absolute Gasteiger partial charge is 0.355 e. The van der Waals surface area contributed by atoms with Gasteiger partial charge in [0, 0.05) is 12.1 Å². The molecule has 0 spiro atoms. The number of rotatable bonds is 4. The monoisotopic (exact) mass is 263 g/mol. The van der Waals surface area contributed by atoms with Gasteiger partial charge in [-0.1, -0.05) is 27.7 Å². The highest BCUT2D eigenvalue weighted by atomic mass is 16.5. The fraction of sp³-hybridized carbons (Fsp3) is 0.533. The van der Waals surface area contributed by atoms with Crippen molar-refractivity contribution in [2.45, 2.75) is 40.7 Å². The van der Waals surface area contributed by atoms with Crippen molar-refractivity contribution in [1.82, 2.24) is 4.98 Å². The minimum absolute atomic E-state index is 0.0798. The van der Waals surface area contributed by atoms with Gasteiger partial charge in [0.1, 0.15) is 17.6 Å². The molecule has 0 unspecified atom stereocenters. The van der Waals surface area contributed by atoms with Gasteiger partial charge in [-0.2, -0.15) is 0 Å². The normalized spacial score (nSPS) is 12.0. The number of nitrogens with one attached hydrogen (secondary N) is 1. The molecule has 104 valence electrons. The lowest BCUT2D eigenvalue weighted by Gasteiger charge is -2.24. The molecule has 0 aliphatic rings. The number of carbonyl (C=O) groups is 1. The SMILES string of the molecule is Cc1cc2[nH]c(C(=O)OC(C(C)C)C(C)C)cc2o1. The summed E-state index contributed by atoms with van der Waals surface area (Å²) in [6.07, 6.45) is -0.0798. The van der Waals surface area contributed by atoms with Crippen LogP contribution in [0.1, 0.15) is 43.9 Å². The van der Waals surface area contributed by atoms with E-state index in [4.69, 9.17) is 9.15 Å². The van der Waals surface area contributed by atoms with E-state index in [0.717, 1.165) is 11.3 Å². The van der Waals surface area contributed by atoms with E-state index in [1.807, 2.05) is 13.0 Å². The summed E-state index contributed by atoms with van der Waals surface area (Å²) in [4.78, 5) is 15.2. The molecule has 0 saturated heterocycles. The molecule has 0 aliphatic heterocycles. The Labute approximate surface area is 113 Å². The summed E-state index contributed by atoms with van der Waals surface area (Å²) in [7, 11) is 0. The number of carbonyl (C=O) groups excluding carboxylic acids is 1. The van der Waals surface area contributed by atoms with E-state index in [2.05, 4.69) is 32.7 Å². The molecule has 4 heteroatoms. The topological polar surface area (TPSA) is 55.2 Å². The van der Waals surface area contributed by atoms with Gasteiger partial charge in [0.25, 0.3) is 0 Å². The summed E-state index contributed by atoms with van der Waals surface area (Å²) in [5, 5.41) is 0. The Kier molecular flexibility index (Phi) is 3.69. The average molecular weight is 263 g/mol. The Balaban J connectivity index is 2.16. The molecule has 0 saturated carbocycles. The fourth-order valence-electron chi connectivity index (χ4n) is 2.39. The lowest BCUT2D eigenvalue weighted by molar-refractivity contribution is 0.00271. The van der Waals surface area contributed by atoms with Crippen molar-refractivity contribution in [3.8, 4) is 0 Å². The third kappa shape index (κ3) is 2.83. The molecule has 0 atom stereocenters. The lowest BCUT2D eigenvalue weighted by atomic mass is 9.96. The Morgan fingerprint density at radius 2 is 1.84 bits per heavy atom. The number of fused-ring (bicyclic) bond motifs is 1. The van der Waals surface area contributed by atoms with E-state index in [9.17, 15) is 4.79 Å². The number of hydrogen-bond donors (Lipinski definition) is 1. The fourth-order valence-corrected chi connectivity index (χ4v) is 2.39. The molecular weight excluding hydrogens is 242 g/mol. The molecule has 2 aromatic rings. The van der Waals surface area contributed by atoms with Crippen molar-refractivity contribution in [1.29, 1.82) is 0 Å². The number of H-pyrrole nitrogens is 1. The molecule has 0 fully saturated rings. The molecule has 2 aromatic heterocycles. The van der Waals surface area contributed by atoms with Crippen LogP contribution in [-0.4, -0.2) is 17.1 Å². The highest BCUT2D eigenvalue weighted by Crippen LogP contribution is 2.22. The predicted octanol–water partition coefficient (Wildman–Crippen LogP) is 3.91. The van der Waals surface area contributed by atoms with Crippen molar-refractivity contribution in [2.24, 2.45) is 11.8 Å². The lowest BCUT2D eigenvalue weighted by Crippen LogP contribution is -2.28. The van der Waals surface area contributed by atoms with Crippen molar-refractivity contribution in [3.05, 3.63) is 23.6 Å². The van der Waals surface area contributed by atoms with Crippen LogP contribution in [0, 0.1) is 18.8 Å². The molecule has 0 amide bonds. The van der Waals surface area contributed by atoms with Crippen molar-refractivity contribution < 1.29 is 13.9 Å². The van der Waals surface area contributed by atoms with Gasteiger partial charge >= 0.3 is 5.97 Å². The van der Waals surface area contributed by atoms with Crippen LogP contribution in [0.4, 0.5) is 0 Å². The first-order valence-corrected chi connectivity index (χ1v) is 6.68. The summed E-state index contributed by atoms with van der Waals surface area (Å²) in [5.74, 6) is 1.09. The molecule has 19 heavy (non-hydrogen) atoms. The van der Waals surface area contributed by atoms with Gasteiger partial charge in [0.05, 0.1) is 5.52 Å². The van der Waals surface area contributed by atoms with Gasteiger partial charge in [-0.05, 0) is 18.8 Å². The molecule has 2 rings (SSSR count). The zero-order chi connectivity index (χ0) is 14.2. The Bertz CT molecular complexity index is 538. The van der Waals surface area contributed by atoms with Crippen LogP contribution in [0.3, 0.4) is 0 Å². The molecule has 0 bridgehead atoms. The van der Waals surface area contributed by atoms with E-state index < -0.39 is 0 Å². The Morgan fingerprint density at radius 1 is 1.21 bits per heavy atom. The van der Waals surface area contributed by atoms with Crippen LogP contribution < -0.4 is 0 Å². The van der Waals surface area contributed by atoms with Gasteiger partial charge in [0.2, 0.25) is 0 Å². The van der Waals surface area contributed by atoms with E-state index >= 15 is 0 Å². The molecule has 0 radical (unpaired) electrons. The van der Waals surface area contributed by atoms with E-state index in [-0.39, 0.29) is 12.1 Å². The largest absolute Gasteiger partial charge is 0.460 e. The van der Waals surface area contributed by atoms with Gasteiger partial charge in [0.15, 0.2) is 5.58 Å². The predicted molar refractivity (Wildman–Crippen MR) is 74.2 cm³/mol. The highest BCUT2D eigenvalue weighted by Gasteiger charge is 2.24. The summed E-state index contributed by atoms with van der Waals surface area (Å²) < 4.78 is 11.0. The number of furan rings is 1. The second-order valence-electron chi connectivity index (χ2n) is 5.68. The maximum atomic E-state index is 12.1. The number of esters is 1. The summed E-state index contributed by atoms with van der Waals surface area (Å²) in [6, 6.07) is 3.57. The minimum Gasteiger partial charge on any atom is -0.460 e. The first-order chi connectivity index (χ1) is 8.88. The van der Waals surface area contributed by atoms with Gasteiger partial charge in [-0.25, -0.2) is 4.79 Å². The van der Waals surface area contributed by atoms with Crippen LogP contribution >= 0.6 is 0 Å². The maximum Gasteiger partial charge on any atom is 0.355 e. The summed E-state index contributed by atoms with van der Waals surface area (Å²) in [6.45, 7) is 10.1. The van der Waals surface area contributed by atoms with E-state index in [1.54, 1.807) is 6.07 Å². The third-order valence-corrected chi connectivity index (χ3v) is 3.21. The first kappa shape index (κ1) is 13.7. The van der Waals surface area contributed by atoms with Crippen LogP contribution in [0.15, 0.2) is 16.5 Å². The number of aryl methyl sites for hydroxylation is 1. The van der Waals surface area contributed by atoms with Crippen LogP contribution in [-0.2, 0) is 4.74 Å². The maximum absolute atomic E-state index is 12.1. The molecule has 0 aliphatic carbocycles. The Hall–Kier alpha value is -1.71. The number of aromatic nitrogens is 1. The number of aromatic amines is 1. The van der Waals surface area contributed by atoms with Gasteiger partial charge < -0.3 is 14.1 Å². The van der Waals surface area contributed by atoms with E-state index in [1.165, 1.54) is 0 Å². The van der Waals surface area contributed by atoms with E-state index in [0.29, 0.717) is 23.1 Å². The number of ether oxygens (including phenoxy) is 1. The van der Waals surface area contributed by atoms with Crippen LogP contribution in [0.2, 0.25) is 0 Å². The zero-order valence-electron chi connectivity index (χ0n) is 12.1. The zero-order valence-corrected chi connectivity index (χ0v) is 12.1. The van der Waals surface area contributed by atoms with Crippen molar-refractivity contribution in [3.63, 3.8) is 0 Å². The molecule has 0 aromatic carbocycles. The Morgan fingerprint density at radius 3 is 2.37 bits per heavy atom. The van der Waals surface area contributed by atoms with Crippen LogP contribution in [0.25, 0.3) is 11.1 Å². The second-order valence-corrected chi connectivity index (χ2v) is 5.68. The molecule has 2 heterocycles. The summed E-state index contributed by atoms with van der Waals surface area (Å²) in [5.41, 5.74) is 1.96. The van der Waals surface area contributed by atoms with Crippen LogP contribution in [0.5, 0.6) is 0 Å². The second kappa shape index (κ2) is 5.11. The minimum atomic E-state index is -0.323. The van der Waals surface area contributed by atoms with Gasteiger partial charge in [-0.3, -0.25) is 0 Å². The standard InChI is InChI=1S/C15H21NO3/c1-8(2)14(9(3)4)19-15(17)12-7-13-11(16-12)6-10(5)18-13/h6-9,14,16H,1-5H3. The molecule has 1 N–H and O–H groups in total. The van der Waals surface area contributed by atoms with Gasteiger partial charge in [-0.15, -0.1) is 0 Å². The highest BCUT2D eigenvalue weighted by molar-refractivity contribution is 5.93. The van der Waals surface area contributed by atoms with Crippen molar-refractivity contribution >= 4 is 17.1 Å². The first-order valence-electron chi connectivity index (χ1n) is 6.68. The summed E-state index contributed by atoms with van der Waals surface area (Å²) >= 11 is 0. The quantitative estimate of drug-likeness (QED) is 0.851. The average Bonchev–Trinajstić information content (AvgIpc) is 2.81. The third-order valence-electron chi connectivity index (χ3n) is 3.21. The number of hydrogen-bond acceptors (Lipinski definition) is 3. The molecular formula is C15H21NO3.